The summed E-state index contributed by atoms with van der Waals surface area (Å²) in [4.78, 5) is 44.3. The summed E-state index contributed by atoms with van der Waals surface area (Å²) in [6.07, 6.45) is 4.31. The molecule has 0 aliphatic carbocycles. The summed E-state index contributed by atoms with van der Waals surface area (Å²) in [7, 11) is 0. The van der Waals surface area contributed by atoms with Crippen LogP contribution in [-0.4, -0.2) is 34.2 Å². The molecule has 0 bridgehead atoms. The van der Waals surface area contributed by atoms with Gasteiger partial charge in [-0.05, 0) is 48.9 Å². The van der Waals surface area contributed by atoms with Gasteiger partial charge in [-0.15, -0.1) is 0 Å². The molecule has 0 fully saturated rings. The maximum absolute atomic E-state index is 12.2. The van der Waals surface area contributed by atoms with E-state index in [4.69, 9.17) is 4.74 Å². The van der Waals surface area contributed by atoms with E-state index in [1.165, 1.54) is 6.20 Å². The molecule has 28 heavy (non-hydrogen) atoms. The lowest BCUT2D eigenvalue weighted by atomic mass is 10.1. The van der Waals surface area contributed by atoms with Crippen LogP contribution in [0.3, 0.4) is 0 Å². The van der Waals surface area contributed by atoms with Crippen molar-refractivity contribution >= 4 is 34.4 Å². The number of hydrogen-bond donors (Lipinski definition) is 1. The van der Waals surface area contributed by atoms with Crippen molar-refractivity contribution in [3.05, 3.63) is 66.0 Å². The van der Waals surface area contributed by atoms with E-state index in [1.54, 1.807) is 48.7 Å². The minimum absolute atomic E-state index is 0.0735. The summed E-state index contributed by atoms with van der Waals surface area (Å²) in [5.41, 5.74) is 2.55. The van der Waals surface area contributed by atoms with Crippen molar-refractivity contribution in [2.45, 2.75) is 19.8 Å². The molecule has 0 aliphatic heterocycles. The Morgan fingerprint density at radius 2 is 1.61 bits per heavy atom. The predicted octanol–water partition coefficient (Wildman–Crippen LogP) is 3.41. The Bertz CT molecular complexity index is 1020. The first-order chi connectivity index (χ1) is 13.6. The first-order valence-electron chi connectivity index (χ1n) is 8.88. The monoisotopic (exact) mass is 377 g/mol. The van der Waals surface area contributed by atoms with Crippen molar-refractivity contribution < 1.29 is 19.1 Å². The number of aromatic nitrogens is 2. The number of Topliss-reactive ketones (excluding diaryl/α,β-unsaturated/α-hetero) is 1. The highest BCUT2D eigenvalue weighted by atomic mass is 16.5. The molecule has 3 aromatic rings. The van der Waals surface area contributed by atoms with E-state index in [1.807, 2.05) is 6.92 Å². The van der Waals surface area contributed by atoms with E-state index in [0.29, 0.717) is 34.3 Å². The van der Waals surface area contributed by atoms with Crippen LogP contribution in [0.1, 0.15) is 40.5 Å². The zero-order chi connectivity index (χ0) is 19.9. The van der Waals surface area contributed by atoms with Crippen LogP contribution >= 0.6 is 0 Å². The molecule has 0 spiro atoms. The van der Waals surface area contributed by atoms with Gasteiger partial charge in [-0.2, -0.15) is 0 Å². The number of ether oxygens (including phenoxy) is 1. The van der Waals surface area contributed by atoms with Crippen LogP contribution in [0.25, 0.3) is 11.0 Å². The average Bonchev–Trinajstić information content (AvgIpc) is 2.72. The number of rotatable bonds is 7. The van der Waals surface area contributed by atoms with Gasteiger partial charge in [0.05, 0.1) is 16.6 Å². The minimum atomic E-state index is -0.607. The van der Waals surface area contributed by atoms with Crippen LogP contribution < -0.4 is 5.32 Å². The van der Waals surface area contributed by atoms with E-state index in [0.717, 1.165) is 6.42 Å². The molecule has 0 atom stereocenters. The largest absolute Gasteiger partial charge is 0.454 e. The topological polar surface area (TPSA) is 98.2 Å². The quantitative estimate of drug-likeness (QED) is 0.500. The second-order valence-corrected chi connectivity index (χ2v) is 6.13. The minimum Gasteiger partial charge on any atom is -0.454 e. The molecule has 1 amide bonds. The highest BCUT2D eigenvalue weighted by molar-refractivity contribution is 6.00. The first kappa shape index (κ1) is 19.2. The standard InChI is InChI=1S/C21H19N3O4/c1-2-3-20(26)24-16-7-4-14(5-8-16)19(25)13-28-21(27)15-6-9-17-18(12-15)23-11-10-22-17/h4-12H,2-3,13H2,1H3,(H,24,26). The van der Waals surface area contributed by atoms with Crippen molar-refractivity contribution in [2.24, 2.45) is 0 Å². The van der Waals surface area contributed by atoms with Crippen LogP contribution in [0, 0.1) is 0 Å². The van der Waals surface area contributed by atoms with Crippen molar-refractivity contribution in [3.63, 3.8) is 0 Å². The van der Waals surface area contributed by atoms with Crippen molar-refractivity contribution in [2.75, 3.05) is 11.9 Å². The number of ketones is 1. The van der Waals surface area contributed by atoms with E-state index < -0.39 is 5.97 Å². The van der Waals surface area contributed by atoms with E-state index in [-0.39, 0.29) is 18.3 Å². The number of fused-ring (bicyclic) bond motifs is 1. The second-order valence-electron chi connectivity index (χ2n) is 6.13. The van der Waals surface area contributed by atoms with Gasteiger partial charge in [0.25, 0.3) is 0 Å². The van der Waals surface area contributed by atoms with Crippen molar-refractivity contribution in [3.8, 4) is 0 Å². The molecular formula is C21H19N3O4. The van der Waals surface area contributed by atoms with Crippen LogP contribution in [0.4, 0.5) is 5.69 Å². The molecule has 142 valence electrons. The fourth-order valence-corrected chi connectivity index (χ4v) is 2.58. The Balaban J connectivity index is 1.58. The molecule has 0 saturated heterocycles. The molecule has 2 aromatic carbocycles. The van der Waals surface area contributed by atoms with Gasteiger partial charge in [-0.3, -0.25) is 19.6 Å². The molecular weight excluding hydrogens is 358 g/mol. The van der Waals surface area contributed by atoms with E-state index in [2.05, 4.69) is 15.3 Å². The average molecular weight is 377 g/mol. The summed E-state index contributed by atoms with van der Waals surface area (Å²) in [6.45, 7) is 1.55. The number of hydrogen-bond acceptors (Lipinski definition) is 6. The number of nitrogens with zero attached hydrogens (tertiary/aromatic N) is 2. The summed E-state index contributed by atoms with van der Waals surface area (Å²) in [5, 5.41) is 2.75. The molecule has 1 N–H and O–H groups in total. The first-order valence-corrected chi connectivity index (χ1v) is 8.88. The molecule has 0 aliphatic rings. The van der Waals surface area contributed by atoms with E-state index >= 15 is 0 Å². The van der Waals surface area contributed by atoms with Gasteiger partial charge < -0.3 is 10.1 Å². The molecule has 1 heterocycles. The van der Waals surface area contributed by atoms with Crippen LogP contribution in [0.15, 0.2) is 54.9 Å². The number of nitrogens with one attached hydrogen (secondary N) is 1. The van der Waals surface area contributed by atoms with Crippen LogP contribution in [0.5, 0.6) is 0 Å². The van der Waals surface area contributed by atoms with Gasteiger partial charge in [-0.25, -0.2) is 4.79 Å². The third-order valence-corrected chi connectivity index (χ3v) is 4.01. The van der Waals surface area contributed by atoms with Crippen LogP contribution in [0.2, 0.25) is 0 Å². The smallest absolute Gasteiger partial charge is 0.338 e. The molecule has 0 radical (unpaired) electrons. The summed E-state index contributed by atoms with van der Waals surface area (Å²) < 4.78 is 5.11. The number of benzene rings is 2. The Hall–Kier alpha value is -3.61. The fraction of sp³-hybridized carbons (Fsp3) is 0.190. The zero-order valence-corrected chi connectivity index (χ0v) is 15.3. The molecule has 0 saturated carbocycles. The molecule has 1 aromatic heterocycles. The Morgan fingerprint density at radius 1 is 0.929 bits per heavy atom. The fourth-order valence-electron chi connectivity index (χ4n) is 2.58. The lowest BCUT2D eigenvalue weighted by molar-refractivity contribution is -0.116. The van der Waals surface area contributed by atoms with E-state index in [9.17, 15) is 14.4 Å². The maximum atomic E-state index is 12.2. The molecule has 7 nitrogen and oxygen atoms in total. The highest BCUT2D eigenvalue weighted by Gasteiger charge is 2.13. The SMILES string of the molecule is CCCC(=O)Nc1ccc(C(=O)COC(=O)c2ccc3nccnc3c2)cc1. The van der Waals surface area contributed by atoms with Gasteiger partial charge in [0.2, 0.25) is 5.91 Å². The number of esters is 1. The Kier molecular flexibility index (Phi) is 6.06. The third-order valence-electron chi connectivity index (χ3n) is 4.01. The number of anilines is 1. The highest BCUT2D eigenvalue weighted by Crippen LogP contribution is 2.13. The second kappa shape index (κ2) is 8.85. The van der Waals surface area contributed by atoms with Crippen molar-refractivity contribution in [1.82, 2.24) is 9.97 Å². The summed E-state index contributed by atoms with van der Waals surface area (Å²) in [5.74, 6) is -1.01. The number of carbonyl (C=O) groups is 3. The molecule has 3 rings (SSSR count). The van der Waals surface area contributed by atoms with Gasteiger partial charge in [0.15, 0.2) is 12.4 Å². The van der Waals surface area contributed by atoms with Crippen LogP contribution in [-0.2, 0) is 9.53 Å². The molecule has 0 unspecified atom stereocenters. The van der Waals surface area contributed by atoms with Gasteiger partial charge in [-0.1, -0.05) is 6.92 Å². The zero-order valence-electron chi connectivity index (χ0n) is 15.3. The summed E-state index contributed by atoms with van der Waals surface area (Å²) in [6, 6.07) is 11.3. The lowest BCUT2D eigenvalue weighted by Gasteiger charge is -2.07. The lowest BCUT2D eigenvalue weighted by Crippen LogP contribution is -2.15. The van der Waals surface area contributed by atoms with Crippen molar-refractivity contribution in [1.29, 1.82) is 0 Å². The normalized spacial score (nSPS) is 10.5. The molecule has 7 heteroatoms. The predicted molar refractivity (Wildman–Crippen MR) is 104 cm³/mol. The van der Waals surface area contributed by atoms with Gasteiger partial charge in [0.1, 0.15) is 0 Å². The number of carbonyl (C=O) groups excluding carboxylic acids is 3. The summed E-state index contributed by atoms with van der Waals surface area (Å²) >= 11 is 0. The Labute approximate surface area is 161 Å². The Morgan fingerprint density at radius 3 is 2.32 bits per heavy atom. The van der Waals surface area contributed by atoms with Gasteiger partial charge >= 0.3 is 5.97 Å². The maximum Gasteiger partial charge on any atom is 0.338 e. The number of amides is 1. The van der Waals surface area contributed by atoms with Gasteiger partial charge in [0, 0.05) is 30.1 Å². The third kappa shape index (κ3) is 4.76.